The maximum Gasteiger partial charge on any atom is 0.265 e. The van der Waals surface area contributed by atoms with Crippen LogP contribution < -0.4 is 10.1 Å². The Bertz CT molecular complexity index is 894. The topological polar surface area (TPSA) is 69.0 Å². The Labute approximate surface area is 145 Å². The van der Waals surface area contributed by atoms with E-state index in [0.717, 1.165) is 29.2 Å². The van der Waals surface area contributed by atoms with Crippen molar-refractivity contribution in [3.63, 3.8) is 0 Å². The number of aromatic nitrogens is 3. The third-order valence-electron chi connectivity index (χ3n) is 4.28. The smallest absolute Gasteiger partial charge is 0.265 e. The van der Waals surface area contributed by atoms with Crippen LogP contribution >= 0.6 is 0 Å². The Hall–Kier alpha value is -3.15. The lowest BCUT2D eigenvalue weighted by Crippen LogP contribution is -2.31. The van der Waals surface area contributed by atoms with E-state index in [1.807, 2.05) is 60.0 Å². The molecule has 0 bridgehead atoms. The molecule has 2 aromatic carbocycles. The number of rotatable bonds is 4. The quantitative estimate of drug-likeness (QED) is 0.796. The van der Waals surface area contributed by atoms with Crippen LogP contribution in [0.1, 0.15) is 12.5 Å². The Balaban J connectivity index is 1.50. The van der Waals surface area contributed by atoms with Crippen molar-refractivity contribution in [2.75, 3.05) is 5.32 Å². The summed E-state index contributed by atoms with van der Waals surface area (Å²) in [5.41, 5.74) is 2.69. The summed E-state index contributed by atoms with van der Waals surface area (Å²) in [6.07, 6.45) is 1.79. The first-order valence-electron chi connectivity index (χ1n) is 8.28. The maximum absolute atomic E-state index is 12.5. The minimum atomic E-state index is -0.500. The molecule has 0 spiro atoms. The molecule has 0 saturated heterocycles. The average molecular weight is 334 g/mol. The van der Waals surface area contributed by atoms with Crippen LogP contribution in [-0.2, 0) is 17.8 Å². The SMILES string of the molecule is CCn1cnnc1-c1cccc(NC(=O)[C@H]2Cc3ccccc3O2)c1. The first-order valence-corrected chi connectivity index (χ1v) is 8.28. The Morgan fingerprint density at radius 1 is 1.28 bits per heavy atom. The summed E-state index contributed by atoms with van der Waals surface area (Å²) in [7, 11) is 0. The molecular formula is C19H18N4O2. The second-order valence-corrected chi connectivity index (χ2v) is 5.93. The first-order chi connectivity index (χ1) is 12.2. The average Bonchev–Trinajstić information content (AvgIpc) is 3.28. The summed E-state index contributed by atoms with van der Waals surface area (Å²) in [4.78, 5) is 12.5. The van der Waals surface area contributed by atoms with Gasteiger partial charge < -0.3 is 14.6 Å². The van der Waals surface area contributed by atoms with E-state index in [4.69, 9.17) is 4.74 Å². The number of benzene rings is 2. The highest BCUT2D eigenvalue weighted by Crippen LogP contribution is 2.29. The van der Waals surface area contributed by atoms with Gasteiger partial charge in [-0.2, -0.15) is 0 Å². The number of nitrogens with one attached hydrogen (secondary N) is 1. The lowest BCUT2D eigenvalue weighted by molar-refractivity contribution is -0.122. The number of fused-ring (bicyclic) bond motifs is 1. The fraction of sp³-hybridized carbons (Fsp3) is 0.211. The van der Waals surface area contributed by atoms with Gasteiger partial charge in [0.25, 0.3) is 5.91 Å². The minimum absolute atomic E-state index is 0.148. The van der Waals surface area contributed by atoms with Gasteiger partial charge in [-0.15, -0.1) is 10.2 Å². The van der Waals surface area contributed by atoms with Gasteiger partial charge in [-0.1, -0.05) is 30.3 Å². The van der Waals surface area contributed by atoms with Gasteiger partial charge in [0, 0.05) is 24.2 Å². The molecule has 1 amide bonds. The van der Waals surface area contributed by atoms with Crippen LogP contribution in [0.25, 0.3) is 11.4 Å². The van der Waals surface area contributed by atoms with Gasteiger partial charge in [-0.05, 0) is 30.7 Å². The van der Waals surface area contributed by atoms with Crippen LogP contribution in [0.4, 0.5) is 5.69 Å². The van der Waals surface area contributed by atoms with Crippen LogP contribution in [0.5, 0.6) is 5.75 Å². The minimum Gasteiger partial charge on any atom is -0.480 e. The van der Waals surface area contributed by atoms with E-state index in [2.05, 4.69) is 15.5 Å². The Morgan fingerprint density at radius 2 is 2.16 bits per heavy atom. The molecule has 3 aromatic rings. The number of carbonyl (C=O) groups excluding carboxylic acids is 1. The zero-order valence-corrected chi connectivity index (χ0v) is 13.8. The lowest BCUT2D eigenvalue weighted by Gasteiger charge is -2.12. The van der Waals surface area contributed by atoms with Crippen LogP contribution in [0, 0.1) is 0 Å². The van der Waals surface area contributed by atoms with Crippen molar-refractivity contribution in [3.05, 3.63) is 60.4 Å². The summed E-state index contributed by atoms with van der Waals surface area (Å²) in [6, 6.07) is 15.3. The van der Waals surface area contributed by atoms with Crippen molar-refractivity contribution < 1.29 is 9.53 Å². The predicted octanol–water partition coefficient (Wildman–Crippen LogP) is 2.91. The molecule has 1 aliphatic heterocycles. The highest BCUT2D eigenvalue weighted by atomic mass is 16.5. The molecule has 0 saturated carbocycles. The molecule has 1 aliphatic rings. The molecule has 1 N–H and O–H groups in total. The number of ether oxygens (including phenoxy) is 1. The van der Waals surface area contributed by atoms with Crippen molar-refractivity contribution in [1.29, 1.82) is 0 Å². The second-order valence-electron chi connectivity index (χ2n) is 5.93. The van der Waals surface area contributed by atoms with Gasteiger partial charge in [0.15, 0.2) is 11.9 Å². The monoisotopic (exact) mass is 334 g/mol. The molecule has 4 rings (SSSR count). The van der Waals surface area contributed by atoms with Gasteiger partial charge >= 0.3 is 0 Å². The Morgan fingerprint density at radius 3 is 3.00 bits per heavy atom. The van der Waals surface area contributed by atoms with Gasteiger partial charge in [0.05, 0.1) is 0 Å². The van der Waals surface area contributed by atoms with E-state index >= 15 is 0 Å². The third-order valence-corrected chi connectivity index (χ3v) is 4.28. The van der Waals surface area contributed by atoms with E-state index in [1.54, 1.807) is 6.33 Å². The zero-order valence-electron chi connectivity index (χ0n) is 13.8. The normalized spacial score (nSPS) is 15.5. The van der Waals surface area contributed by atoms with E-state index in [1.165, 1.54) is 0 Å². The highest BCUT2D eigenvalue weighted by Gasteiger charge is 2.28. The third kappa shape index (κ3) is 2.98. The first kappa shape index (κ1) is 15.4. The second kappa shape index (κ2) is 6.39. The summed E-state index contributed by atoms with van der Waals surface area (Å²) in [5.74, 6) is 1.42. The van der Waals surface area contributed by atoms with Crippen molar-refractivity contribution in [1.82, 2.24) is 14.8 Å². The van der Waals surface area contributed by atoms with E-state index in [9.17, 15) is 4.79 Å². The van der Waals surface area contributed by atoms with Crippen LogP contribution in [0.15, 0.2) is 54.9 Å². The molecule has 0 radical (unpaired) electrons. The standard InChI is InChI=1S/C19H18N4O2/c1-2-23-12-20-22-18(23)14-7-5-8-15(10-14)21-19(24)17-11-13-6-3-4-9-16(13)25-17/h3-10,12,17H,2,11H2,1H3,(H,21,24)/t17-/m1/s1. The number of aryl methyl sites for hydroxylation is 1. The van der Waals surface area contributed by atoms with Crippen molar-refractivity contribution in [3.8, 4) is 17.1 Å². The van der Waals surface area contributed by atoms with Gasteiger partial charge in [0.2, 0.25) is 0 Å². The predicted molar refractivity (Wildman–Crippen MR) is 94.3 cm³/mol. The molecule has 6 nitrogen and oxygen atoms in total. The molecular weight excluding hydrogens is 316 g/mol. The largest absolute Gasteiger partial charge is 0.480 e. The molecule has 25 heavy (non-hydrogen) atoms. The van der Waals surface area contributed by atoms with Gasteiger partial charge in [0.1, 0.15) is 12.1 Å². The molecule has 126 valence electrons. The van der Waals surface area contributed by atoms with Gasteiger partial charge in [-0.25, -0.2) is 0 Å². The number of carbonyl (C=O) groups is 1. The van der Waals surface area contributed by atoms with Crippen LogP contribution in [-0.4, -0.2) is 26.8 Å². The molecule has 0 fully saturated rings. The molecule has 1 aromatic heterocycles. The van der Waals surface area contributed by atoms with Crippen molar-refractivity contribution in [2.24, 2.45) is 0 Å². The summed E-state index contributed by atoms with van der Waals surface area (Å²) in [6.45, 7) is 2.82. The number of hydrogen-bond donors (Lipinski definition) is 1. The van der Waals surface area contributed by atoms with Crippen molar-refractivity contribution >= 4 is 11.6 Å². The lowest BCUT2D eigenvalue weighted by atomic mass is 10.1. The summed E-state index contributed by atoms with van der Waals surface area (Å²) in [5, 5.41) is 11.0. The summed E-state index contributed by atoms with van der Waals surface area (Å²) >= 11 is 0. The van der Waals surface area contributed by atoms with Gasteiger partial charge in [-0.3, -0.25) is 4.79 Å². The fourth-order valence-electron chi connectivity index (χ4n) is 3.00. The number of amides is 1. The fourth-order valence-corrected chi connectivity index (χ4v) is 3.00. The molecule has 6 heteroatoms. The molecule has 2 heterocycles. The number of nitrogens with zero attached hydrogens (tertiary/aromatic N) is 3. The number of hydrogen-bond acceptors (Lipinski definition) is 4. The zero-order chi connectivity index (χ0) is 17.2. The van der Waals surface area contributed by atoms with E-state index in [0.29, 0.717) is 12.1 Å². The molecule has 0 aliphatic carbocycles. The Kier molecular flexibility index (Phi) is 3.93. The van der Waals surface area contributed by atoms with E-state index in [-0.39, 0.29) is 5.91 Å². The maximum atomic E-state index is 12.5. The van der Waals surface area contributed by atoms with Crippen LogP contribution in [0.2, 0.25) is 0 Å². The highest BCUT2D eigenvalue weighted by molar-refractivity contribution is 5.95. The molecule has 1 atom stereocenters. The van der Waals surface area contributed by atoms with E-state index < -0.39 is 6.10 Å². The van der Waals surface area contributed by atoms with Crippen molar-refractivity contribution in [2.45, 2.75) is 26.0 Å². The summed E-state index contributed by atoms with van der Waals surface area (Å²) < 4.78 is 7.70. The van der Waals surface area contributed by atoms with Crippen LogP contribution in [0.3, 0.4) is 0 Å². The number of anilines is 1. The molecule has 0 unspecified atom stereocenters. The number of para-hydroxylation sites is 1.